The lowest BCUT2D eigenvalue weighted by molar-refractivity contribution is 0.581. The molecule has 0 aliphatic carbocycles. The first kappa shape index (κ1) is 13.6. The Morgan fingerprint density at radius 1 is 1.24 bits per heavy atom. The molecule has 0 bridgehead atoms. The summed E-state index contributed by atoms with van der Waals surface area (Å²) in [6.07, 6.45) is 4.98. The van der Waals surface area contributed by atoms with Crippen LogP contribution in [0.25, 0.3) is 0 Å². The second kappa shape index (κ2) is 6.33. The van der Waals surface area contributed by atoms with Gasteiger partial charge >= 0.3 is 0 Å². The third kappa shape index (κ3) is 5.43. The van der Waals surface area contributed by atoms with Crippen LogP contribution in [0.3, 0.4) is 0 Å². The Bertz CT molecular complexity index is 372. The molecule has 17 heavy (non-hydrogen) atoms. The van der Waals surface area contributed by atoms with Crippen molar-refractivity contribution in [2.45, 2.75) is 40.0 Å². The van der Waals surface area contributed by atoms with E-state index in [-0.39, 0.29) is 5.41 Å². The van der Waals surface area contributed by atoms with Gasteiger partial charge in [0.2, 0.25) is 0 Å². The van der Waals surface area contributed by atoms with Crippen molar-refractivity contribution in [2.75, 3.05) is 0 Å². The van der Waals surface area contributed by atoms with Crippen LogP contribution in [0.15, 0.2) is 35.3 Å². The number of unbranched alkanes of at least 4 members (excludes halogenated alkanes) is 1. The highest BCUT2D eigenvalue weighted by Gasteiger charge is 2.15. The minimum atomic E-state index is -0.143. The van der Waals surface area contributed by atoms with Crippen molar-refractivity contribution >= 4 is 12.1 Å². The van der Waals surface area contributed by atoms with Crippen LogP contribution >= 0.6 is 0 Å². The summed E-state index contributed by atoms with van der Waals surface area (Å²) in [5.74, 6) is 0.456. The first-order valence-electron chi connectivity index (χ1n) is 6.15. The predicted molar refractivity (Wildman–Crippen MR) is 75.1 cm³/mol. The molecule has 1 N–H and O–H groups in total. The van der Waals surface area contributed by atoms with Crippen molar-refractivity contribution in [3.05, 3.63) is 35.9 Å². The van der Waals surface area contributed by atoms with Gasteiger partial charge in [-0.25, -0.2) is 4.99 Å². The molecule has 0 atom stereocenters. The zero-order valence-corrected chi connectivity index (χ0v) is 11.0. The molecule has 0 heterocycles. The molecule has 1 aromatic carbocycles. The van der Waals surface area contributed by atoms with Gasteiger partial charge in [0.1, 0.15) is 5.84 Å². The van der Waals surface area contributed by atoms with Crippen LogP contribution in [0.2, 0.25) is 0 Å². The van der Waals surface area contributed by atoms with Crippen molar-refractivity contribution in [1.29, 1.82) is 5.41 Å². The topological polar surface area (TPSA) is 36.2 Å². The predicted octanol–water partition coefficient (Wildman–Crippen LogP) is 4.10. The molecule has 0 radical (unpaired) electrons. The zero-order chi connectivity index (χ0) is 12.7. The summed E-state index contributed by atoms with van der Waals surface area (Å²) < 4.78 is 0. The van der Waals surface area contributed by atoms with E-state index in [0.29, 0.717) is 5.84 Å². The second-order valence-electron chi connectivity index (χ2n) is 5.29. The lowest BCUT2D eigenvalue weighted by Gasteiger charge is -2.15. The number of nitrogens with zero attached hydrogens (tertiary/aromatic N) is 1. The van der Waals surface area contributed by atoms with Crippen LogP contribution in [-0.4, -0.2) is 12.1 Å². The van der Waals surface area contributed by atoms with Gasteiger partial charge in [0.25, 0.3) is 0 Å². The summed E-state index contributed by atoms with van der Waals surface area (Å²) in [6, 6.07) is 10.5. The largest absolute Gasteiger partial charge is 0.286 e. The van der Waals surface area contributed by atoms with E-state index in [2.05, 4.69) is 29.3 Å². The molecular weight excluding hydrogens is 208 g/mol. The van der Waals surface area contributed by atoms with E-state index in [4.69, 9.17) is 5.41 Å². The molecule has 0 aliphatic heterocycles. The average Bonchev–Trinajstić information content (AvgIpc) is 2.28. The molecular formula is C15H22N2. The fraction of sp³-hybridized carbons (Fsp3) is 0.467. The Labute approximate surface area is 104 Å². The van der Waals surface area contributed by atoms with Crippen LogP contribution in [0.4, 0.5) is 0 Å². The van der Waals surface area contributed by atoms with Crippen LogP contribution < -0.4 is 0 Å². The van der Waals surface area contributed by atoms with Gasteiger partial charge in [-0.3, -0.25) is 5.41 Å². The maximum absolute atomic E-state index is 7.74. The Balaban J connectivity index is 2.25. The number of benzene rings is 1. The van der Waals surface area contributed by atoms with Crippen LogP contribution in [0, 0.1) is 10.8 Å². The fourth-order valence-corrected chi connectivity index (χ4v) is 1.39. The van der Waals surface area contributed by atoms with E-state index < -0.39 is 0 Å². The van der Waals surface area contributed by atoms with Crippen LogP contribution in [0.1, 0.15) is 39.2 Å². The van der Waals surface area contributed by atoms with Gasteiger partial charge in [-0.2, -0.15) is 0 Å². The molecule has 2 heteroatoms. The SMILES string of the molecule is CC(C)(C)C(=N)N=CCCCc1ccccc1. The number of hydrogen-bond acceptors (Lipinski definition) is 1. The highest BCUT2D eigenvalue weighted by atomic mass is 14.8. The van der Waals surface area contributed by atoms with Gasteiger partial charge < -0.3 is 0 Å². The molecule has 0 spiro atoms. The fourth-order valence-electron chi connectivity index (χ4n) is 1.39. The first-order valence-corrected chi connectivity index (χ1v) is 6.15. The van der Waals surface area contributed by atoms with E-state index >= 15 is 0 Å². The summed E-state index contributed by atoms with van der Waals surface area (Å²) >= 11 is 0. The number of nitrogens with one attached hydrogen (secondary N) is 1. The lowest BCUT2D eigenvalue weighted by Crippen LogP contribution is -2.16. The molecule has 0 saturated carbocycles. The zero-order valence-electron chi connectivity index (χ0n) is 11.0. The van der Waals surface area contributed by atoms with Crippen molar-refractivity contribution in [2.24, 2.45) is 10.4 Å². The highest BCUT2D eigenvalue weighted by Crippen LogP contribution is 2.15. The molecule has 1 aromatic rings. The third-order valence-electron chi connectivity index (χ3n) is 2.57. The van der Waals surface area contributed by atoms with E-state index in [1.807, 2.05) is 33.1 Å². The van der Waals surface area contributed by atoms with E-state index in [1.54, 1.807) is 0 Å². The van der Waals surface area contributed by atoms with Crippen molar-refractivity contribution < 1.29 is 0 Å². The van der Waals surface area contributed by atoms with Gasteiger partial charge in [0, 0.05) is 11.6 Å². The smallest absolute Gasteiger partial charge is 0.125 e. The van der Waals surface area contributed by atoms with Gasteiger partial charge in [-0.05, 0) is 24.8 Å². The monoisotopic (exact) mass is 230 g/mol. The van der Waals surface area contributed by atoms with Crippen LogP contribution in [-0.2, 0) is 6.42 Å². The minimum Gasteiger partial charge on any atom is -0.286 e. The molecule has 1 rings (SSSR count). The Hall–Kier alpha value is -1.44. The molecule has 0 aliphatic rings. The van der Waals surface area contributed by atoms with Gasteiger partial charge in [-0.15, -0.1) is 0 Å². The van der Waals surface area contributed by atoms with Gasteiger partial charge in [0.05, 0.1) is 0 Å². The maximum atomic E-state index is 7.74. The molecule has 2 nitrogen and oxygen atoms in total. The molecule has 92 valence electrons. The van der Waals surface area contributed by atoms with E-state index in [1.165, 1.54) is 5.56 Å². The highest BCUT2D eigenvalue weighted by molar-refractivity contribution is 5.90. The van der Waals surface area contributed by atoms with Crippen molar-refractivity contribution in [3.63, 3.8) is 0 Å². The standard InChI is InChI=1S/C15H22N2/c1-15(2,3)14(16)17-12-8-7-11-13-9-5-4-6-10-13/h4-6,9-10,12,16H,7-8,11H2,1-3H3. The number of aliphatic imine (C=N–C) groups is 1. The summed E-state index contributed by atoms with van der Waals surface area (Å²) in [5.41, 5.74) is 1.22. The Morgan fingerprint density at radius 2 is 1.88 bits per heavy atom. The second-order valence-corrected chi connectivity index (χ2v) is 5.29. The number of hydrogen-bond donors (Lipinski definition) is 1. The number of aryl methyl sites for hydroxylation is 1. The Morgan fingerprint density at radius 3 is 2.47 bits per heavy atom. The number of amidine groups is 1. The summed E-state index contributed by atoms with van der Waals surface area (Å²) in [5, 5.41) is 7.74. The molecule has 0 saturated heterocycles. The Kier molecular flexibility index (Phi) is 5.08. The van der Waals surface area contributed by atoms with Crippen molar-refractivity contribution in [3.8, 4) is 0 Å². The summed E-state index contributed by atoms with van der Waals surface area (Å²) in [7, 11) is 0. The maximum Gasteiger partial charge on any atom is 0.125 e. The van der Waals surface area contributed by atoms with Crippen molar-refractivity contribution in [1.82, 2.24) is 0 Å². The lowest BCUT2D eigenvalue weighted by atomic mass is 9.95. The molecule has 0 fully saturated rings. The quantitative estimate of drug-likeness (QED) is 0.459. The van der Waals surface area contributed by atoms with Crippen LogP contribution in [0.5, 0.6) is 0 Å². The first-order chi connectivity index (χ1) is 8.00. The van der Waals surface area contributed by atoms with E-state index in [9.17, 15) is 0 Å². The summed E-state index contributed by atoms with van der Waals surface area (Å²) in [4.78, 5) is 4.18. The molecule has 0 amide bonds. The minimum absolute atomic E-state index is 0.143. The molecule has 0 unspecified atom stereocenters. The van der Waals surface area contributed by atoms with E-state index in [0.717, 1.165) is 19.3 Å². The normalized spacial score (nSPS) is 11.9. The number of rotatable bonds is 4. The summed E-state index contributed by atoms with van der Waals surface area (Å²) in [6.45, 7) is 6.03. The van der Waals surface area contributed by atoms with Gasteiger partial charge in [-0.1, -0.05) is 51.1 Å². The third-order valence-corrected chi connectivity index (χ3v) is 2.57. The van der Waals surface area contributed by atoms with Gasteiger partial charge in [0.15, 0.2) is 0 Å². The average molecular weight is 230 g/mol. The molecule has 0 aromatic heterocycles.